The molecule has 3 aromatic heterocycles. The molecular weight excluding hydrogens is 626 g/mol. The number of hydrogen-bond donors (Lipinski definition) is 2. The van der Waals surface area contributed by atoms with E-state index in [1.54, 1.807) is 42.9 Å². The molecule has 47 heavy (non-hydrogen) atoms. The monoisotopic (exact) mass is 656 g/mol. The number of thiazole rings is 1. The lowest BCUT2D eigenvalue weighted by Gasteiger charge is -2.29. The van der Waals surface area contributed by atoms with E-state index in [9.17, 15) is 18.4 Å². The summed E-state index contributed by atoms with van der Waals surface area (Å²) in [4.78, 5) is 44.6. The van der Waals surface area contributed by atoms with Crippen LogP contribution in [0.5, 0.6) is 0 Å². The lowest BCUT2D eigenvalue weighted by atomic mass is 10.0. The minimum absolute atomic E-state index is 0.0136. The van der Waals surface area contributed by atoms with E-state index < -0.39 is 17.2 Å². The normalized spacial score (nSPS) is 18.4. The highest BCUT2D eigenvalue weighted by atomic mass is 32.1. The highest BCUT2D eigenvalue weighted by molar-refractivity contribution is 7.16. The number of nitrogens with one attached hydrogen (secondary N) is 2. The summed E-state index contributed by atoms with van der Waals surface area (Å²) in [5, 5.41) is 11.6. The van der Waals surface area contributed by atoms with Gasteiger partial charge in [0.05, 0.1) is 16.9 Å². The number of nitrogens with zero attached hydrogens (tertiary/aromatic N) is 6. The Labute approximate surface area is 272 Å². The minimum atomic E-state index is -1.14. The van der Waals surface area contributed by atoms with Crippen molar-refractivity contribution in [2.24, 2.45) is 0 Å². The number of ether oxygens (including phenoxy) is 1. The number of anilines is 1. The fourth-order valence-electron chi connectivity index (χ4n) is 5.97. The minimum Gasteiger partial charge on any atom is -0.367 e. The van der Waals surface area contributed by atoms with Crippen LogP contribution in [0.3, 0.4) is 0 Å². The van der Waals surface area contributed by atoms with Crippen LogP contribution in [-0.4, -0.2) is 92.2 Å². The molecule has 2 aliphatic rings. The summed E-state index contributed by atoms with van der Waals surface area (Å²) in [5.74, 6) is -1.62. The quantitative estimate of drug-likeness (QED) is 0.245. The topological polar surface area (TPSA) is 129 Å². The van der Waals surface area contributed by atoms with Crippen LogP contribution >= 0.6 is 11.3 Å². The molecule has 14 heteroatoms. The molecule has 5 heterocycles. The first-order valence-corrected chi connectivity index (χ1v) is 15.9. The van der Waals surface area contributed by atoms with Gasteiger partial charge in [0.25, 0.3) is 5.91 Å². The number of aromatic nitrogens is 5. The third-order valence-electron chi connectivity index (χ3n) is 8.62. The summed E-state index contributed by atoms with van der Waals surface area (Å²) in [6.45, 7) is 2.01. The molecule has 240 valence electrons. The molecule has 5 aromatic rings. The van der Waals surface area contributed by atoms with Crippen molar-refractivity contribution in [2.45, 2.75) is 18.4 Å². The van der Waals surface area contributed by atoms with Crippen LogP contribution in [0.4, 0.5) is 14.5 Å². The van der Waals surface area contributed by atoms with Gasteiger partial charge in [-0.05, 0) is 60.9 Å². The van der Waals surface area contributed by atoms with E-state index in [-0.39, 0.29) is 24.9 Å². The summed E-state index contributed by atoms with van der Waals surface area (Å²) in [6, 6.07) is 10.6. The van der Waals surface area contributed by atoms with Crippen molar-refractivity contribution in [1.82, 2.24) is 34.9 Å². The number of amides is 2. The number of H-pyrrole nitrogens is 1. The molecule has 1 fully saturated rings. The van der Waals surface area contributed by atoms with Crippen molar-refractivity contribution >= 4 is 45.3 Å². The highest BCUT2D eigenvalue weighted by Gasteiger charge is 2.45. The molecule has 0 radical (unpaired) electrons. The van der Waals surface area contributed by atoms with E-state index in [1.165, 1.54) is 24.5 Å². The van der Waals surface area contributed by atoms with Gasteiger partial charge in [-0.3, -0.25) is 19.6 Å². The number of carbonyl (C=O) groups excluding carboxylic acids is 2. The Morgan fingerprint density at radius 3 is 2.70 bits per heavy atom. The average molecular weight is 657 g/mol. The van der Waals surface area contributed by atoms with Gasteiger partial charge in [-0.15, -0.1) is 11.3 Å². The Morgan fingerprint density at radius 1 is 1.09 bits per heavy atom. The van der Waals surface area contributed by atoms with Crippen molar-refractivity contribution in [3.63, 3.8) is 0 Å². The third-order valence-corrected chi connectivity index (χ3v) is 9.69. The van der Waals surface area contributed by atoms with E-state index >= 15 is 0 Å². The smallest absolute Gasteiger partial charge is 0.258 e. The van der Waals surface area contributed by atoms with Crippen LogP contribution < -0.4 is 5.32 Å². The van der Waals surface area contributed by atoms with Crippen molar-refractivity contribution in [3.05, 3.63) is 83.8 Å². The largest absolute Gasteiger partial charge is 0.367 e. The molecule has 1 saturated heterocycles. The van der Waals surface area contributed by atoms with Crippen LogP contribution in [0.25, 0.3) is 38.4 Å². The Kier molecular flexibility index (Phi) is 8.30. The molecule has 0 saturated carbocycles. The predicted octanol–water partition coefficient (Wildman–Crippen LogP) is 4.77. The van der Waals surface area contributed by atoms with Gasteiger partial charge in [-0.25, -0.2) is 23.7 Å². The molecule has 0 spiro atoms. The van der Waals surface area contributed by atoms with Crippen molar-refractivity contribution in [1.29, 1.82) is 0 Å². The number of carbonyl (C=O) groups is 2. The standard InChI is InChI=1S/C33H30F2N8O3S/c1-46-33(32(45)39-22-4-6-26-23(16-22)29(41-40-26)21-3-5-24(34)25(35)15-21)9-14-42(19-33)18-28(44)43-12-7-20(8-13-43)31-38-17-27(47-31)30-36-10-2-11-37-30/h2-7,10-11,15-17H,8-9,12-14,18-19H2,1H3,(H,39,45)(H,40,41)/t33-/m0/s1. The second-order valence-electron chi connectivity index (χ2n) is 11.5. The second-order valence-corrected chi connectivity index (χ2v) is 12.5. The molecule has 1 atom stereocenters. The van der Waals surface area contributed by atoms with Gasteiger partial charge < -0.3 is 15.0 Å². The van der Waals surface area contributed by atoms with E-state index in [1.807, 2.05) is 15.9 Å². The number of likely N-dealkylation sites (tertiary alicyclic amines) is 1. The van der Waals surface area contributed by atoms with Crippen LogP contribution in [0.2, 0.25) is 0 Å². The zero-order chi connectivity index (χ0) is 32.5. The first kappa shape index (κ1) is 30.7. The second kappa shape index (κ2) is 12.7. The van der Waals surface area contributed by atoms with Crippen molar-refractivity contribution < 1.29 is 23.1 Å². The number of halogens is 2. The summed E-state index contributed by atoms with van der Waals surface area (Å²) in [7, 11) is 1.50. The Balaban J connectivity index is 0.973. The SMILES string of the molecule is CO[C@@]1(C(=O)Nc2ccc3[nH]nc(-c4ccc(F)c(F)c4)c3c2)CCN(CC(=O)N2CC=C(c3ncc(-c4ncccn4)s3)CC2)C1. The van der Waals surface area contributed by atoms with Crippen LogP contribution in [0.1, 0.15) is 17.8 Å². The number of aromatic amines is 1. The fourth-order valence-corrected chi connectivity index (χ4v) is 6.90. The molecule has 7 rings (SSSR count). The molecular formula is C33H30F2N8O3S. The zero-order valence-electron chi connectivity index (χ0n) is 25.4. The molecule has 0 bridgehead atoms. The lowest BCUT2D eigenvalue weighted by molar-refractivity contribution is -0.138. The maximum Gasteiger partial charge on any atom is 0.258 e. The van der Waals surface area contributed by atoms with Gasteiger partial charge in [0.2, 0.25) is 5.91 Å². The number of methoxy groups -OCH3 is 1. The van der Waals surface area contributed by atoms with E-state index in [4.69, 9.17) is 4.74 Å². The molecule has 0 unspecified atom stereocenters. The van der Waals surface area contributed by atoms with Gasteiger partial charge in [-0.1, -0.05) is 6.08 Å². The highest BCUT2D eigenvalue weighted by Crippen LogP contribution is 2.33. The first-order chi connectivity index (χ1) is 22.8. The lowest BCUT2D eigenvalue weighted by Crippen LogP contribution is -2.48. The van der Waals surface area contributed by atoms with Crippen LogP contribution in [0, 0.1) is 11.6 Å². The maximum absolute atomic E-state index is 13.9. The summed E-state index contributed by atoms with van der Waals surface area (Å²) < 4.78 is 33.2. The number of benzene rings is 2. The van der Waals surface area contributed by atoms with E-state index in [0.717, 1.165) is 27.6 Å². The van der Waals surface area contributed by atoms with Gasteiger partial charge in [0.1, 0.15) is 10.7 Å². The third kappa shape index (κ3) is 6.14. The Morgan fingerprint density at radius 2 is 1.94 bits per heavy atom. The number of fused-ring (bicyclic) bond motifs is 1. The van der Waals surface area contributed by atoms with Crippen molar-refractivity contribution in [3.8, 4) is 22.0 Å². The molecule has 2 N–H and O–H groups in total. The Bertz CT molecular complexity index is 2000. The summed E-state index contributed by atoms with van der Waals surface area (Å²) in [6.07, 6.45) is 8.34. The van der Waals surface area contributed by atoms with E-state index in [0.29, 0.717) is 66.1 Å². The van der Waals surface area contributed by atoms with Crippen molar-refractivity contribution in [2.75, 3.05) is 45.2 Å². The molecule has 11 nitrogen and oxygen atoms in total. The molecule has 2 amide bonds. The number of rotatable bonds is 8. The first-order valence-electron chi connectivity index (χ1n) is 15.0. The average Bonchev–Trinajstić information content (AvgIpc) is 3.86. The fraction of sp³-hybridized carbons (Fsp3) is 0.273. The van der Waals surface area contributed by atoms with Gasteiger partial charge >= 0.3 is 0 Å². The summed E-state index contributed by atoms with van der Waals surface area (Å²) in [5.41, 5.74) is 1.96. The maximum atomic E-state index is 13.9. The Hall–Kier alpha value is -4.92. The molecule has 2 aromatic carbocycles. The number of hydrogen-bond acceptors (Lipinski definition) is 9. The van der Waals surface area contributed by atoms with Gasteiger partial charge in [0, 0.05) is 68.5 Å². The van der Waals surface area contributed by atoms with Gasteiger partial charge in [0.15, 0.2) is 23.1 Å². The van der Waals surface area contributed by atoms with E-state index in [2.05, 4.69) is 30.5 Å². The zero-order valence-corrected chi connectivity index (χ0v) is 26.2. The predicted molar refractivity (Wildman–Crippen MR) is 173 cm³/mol. The molecule has 0 aliphatic carbocycles. The van der Waals surface area contributed by atoms with Crippen LogP contribution in [0.15, 0.2) is 67.1 Å². The molecule has 2 aliphatic heterocycles. The van der Waals surface area contributed by atoms with Gasteiger partial charge in [-0.2, -0.15) is 5.10 Å². The summed E-state index contributed by atoms with van der Waals surface area (Å²) >= 11 is 1.54. The van der Waals surface area contributed by atoms with Crippen LogP contribution in [-0.2, 0) is 14.3 Å².